The highest BCUT2D eigenvalue weighted by atomic mass is 35.5. The Balaban J connectivity index is 2.41. The van der Waals surface area contributed by atoms with Crippen molar-refractivity contribution in [2.45, 2.75) is 0 Å². The van der Waals surface area contributed by atoms with Crippen LogP contribution in [0.15, 0.2) is 18.3 Å². The second kappa shape index (κ2) is 3.10. The van der Waals surface area contributed by atoms with E-state index in [0.29, 0.717) is 11.0 Å². The third-order valence-corrected chi connectivity index (χ3v) is 1.66. The molecule has 1 radical (unpaired) electrons. The number of aromatic nitrogens is 5. The van der Waals surface area contributed by atoms with Gasteiger partial charge in [0.1, 0.15) is 5.15 Å². The first kappa shape index (κ1) is 8.12. The molecular formula is C7H5ClN5. The zero-order valence-corrected chi connectivity index (χ0v) is 7.31. The molecule has 0 bridgehead atoms. The van der Waals surface area contributed by atoms with E-state index in [2.05, 4.69) is 27.4 Å². The van der Waals surface area contributed by atoms with Crippen molar-refractivity contribution in [2.24, 2.45) is 0 Å². The maximum absolute atomic E-state index is 5.62. The van der Waals surface area contributed by atoms with Gasteiger partial charge < -0.3 is 0 Å². The molecule has 0 aliphatic carbocycles. The molecule has 2 aromatic heterocycles. The molecule has 0 fully saturated rings. The number of nitrogens with zero attached hydrogens (tertiary/aromatic N) is 5. The van der Waals surface area contributed by atoms with Gasteiger partial charge in [-0.1, -0.05) is 11.6 Å². The molecule has 0 saturated heterocycles. The Bertz CT molecular complexity index is 407. The van der Waals surface area contributed by atoms with Gasteiger partial charge in [-0.15, -0.1) is 10.2 Å². The lowest BCUT2D eigenvalue weighted by atomic mass is 10.3. The zero-order chi connectivity index (χ0) is 9.26. The minimum Gasteiger partial charge on any atom is -0.244 e. The van der Waals surface area contributed by atoms with E-state index in [1.165, 1.54) is 0 Å². The first-order valence-corrected chi connectivity index (χ1v) is 3.86. The monoisotopic (exact) mass is 194 g/mol. The Kier molecular flexibility index (Phi) is 1.94. The molecule has 0 unspecified atom stereocenters. The standard InChI is InChI=1S/C7H5ClN5/c1-13-11-7(10-12-13)5-2-3-6(8)9-4-5/h2-4H,1H2. The van der Waals surface area contributed by atoms with E-state index in [-0.39, 0.29) is 0 Å². The smallest absolute Gasteiger partial charge is 0.206 e. The predicted octanol–water partition coefficient (Wildman–Crippen LogP) is 1.03. The second-order valence-electron chi connectivity index (χ2n) is 2.35. The molecule has 2 heterocycles. The minimum absolute atomic E-state index is 0.436. The molecule has 0 aromatic carbocycles. The zero-order valence-electron chi connectivity index (χ0n) is 6.55. The fourth-order valence-electron chi connectivity index (χ4n) is 0.867. The molecule has 0 aliphatic heterocycles. The Morgan fingerprint density at radius 3 is 2.77 bits per heavy atom. The van der Waals surface area contributed by atoms with E-state index in [4.69, 9.17) is 11.6 Å². The molecule has 0 atom stereocenters. The summed E-state index contributed by atoms with van der Waals surface area (Å²) >= 11 is 5.62. The summed E-state index contributed by atoms with van der Waals surface area (Å²) in [6.07, 6.45) is 1.58. The normalized spacial score (nSPS) is 10.3. The van der Waals surface area contributed by atoms with Crippen molar-refractivity contribution >= 4 is 11.6 Å². The average molecular weight is 195 g/mol. The molecule has 5 nitrogen and oxygen atoms in total. The molecule has 0 spiro atoms. The summed E-state index contributed by atoms with van der Waals surface area (Å²) in [5.74, 6) is 0.485. The summed E-state index contributed by atoms with van der Waals surface area (Å²) in [6.45, 7) is 0. The Hall–Kier alpha value is -1.49. The van der Waals surface area contributed by atoms with E-state index < -0.39 is 0 Å². The molecule has 0 N–H and O–H groups in total. The lowest BCUT2D eigenvalue weighted by Gasteiger charge is -1.92. The van der Waals surface area contributed by atoms with Crippen molar-refractivity contribution in [2.75, 3.05) is 0 Å². The van der Waals surface area contributed by atoms with E-state index in [1.54, 1.807) is 18.3 Å². The van der Waals surface area contributed by atoms with Crippen LogP contribution >= 0.6 is 11.6 Å². The van der Waals surface area contributed by atoms with Gasteiger partial charge in [0.25, 0.3) is 0 Å². The summed E-state index contributed by atoms with van der Waals surface area (Å²) < 4.78 is 0. The number of hydrogen-bond donors (Lipinski definition) is 0. The molecule has 2 aromatic rings. The first-order valence-electron chi connectivity index (χ1n) is 3.48. The predicted molar refractivity (Wildman–Crippen MR) is 46.8 cm³/mol. The molecule has 65 valence electrons. The topological polar surface area (TPSA) is 56.5 Å². The first-order chi connectivity index (χ1) is 6.25. The third kappa shape index (κ3) is 1.65. The van der Waals surface area contributed by atoms with E-state index >= 15 is 0 Å². The summed E-state index contributed by atoms with van der Waals surface area (Å²) in [5, 5.41) is 11.7. The highest BCUT2D eigenvalue weighted by molar-refractivity contribution is 6.29. The van der Waals surface area contributed by atoms with Crippen LogP contribution in [-0.4, -0.2) is 25.2 Å². The highest BCUT2D eigenvalue weighted by Gasteiger charge is 2.03. The summed E-state index contributed by atoms with van der Waals surface area (Å²) in [6, 6.07) is 3.44. The van der Waals surface area contributed by atoms with Gasteiger partial charge in [-0.2, -0.15) is 4.80 Å². The van der Waals surface area contributed by atoms with E-state index in [9.17, 15) is 0 Å². The molecule has 13 heavy (non-hydrogen) atoms. The van der Waals surface area contributed by atoms with Crippen molar-refractivity contribution < 1.29 is 0 Å². The van der Waals surface area contributed by atoms with Crippen LogP contribution in [0.2, 0.25) is 5.15 Å². The van der Waals surface area contributed by atoms with Crippen LogP contribution in [0.1, 0.15) is 0 Å². The van der Waals surface area contributed by atoms with Crippen LogP contribution < -0.4 is 0 Å². The Labute approximate surface area is 79.4 Å². The fourth-order valence-corrected chi connectivity index (χ4v) is 0.979. The number of rotatable bonds is 1. The average Bonchev–Trinajstić information content (AvgIpc) is 2.53. The molecule has 0 saturated carbocycles. The van der Waals surface area contributed by atoms with E-state index in [0.717, 1.165) is 10.4 Å². The number of halogens is 1. The molecular weight excluding hydrogens is 190 g/mol. The Morgan fingerprint density at radius 1 is 1.38 bits per heavy atom. The third-order valence-electron chi connectivity index (χ3n) is 1.44. The SMILES string of the molecule is [CH2]n1nnc(-c2ccc(Cl)nc2)n1. The lowest BCUT2D eigenvalue weighted by Crippen LogP contribution is -1.89. The molecule has 6 heteroatoms. The van der Waals surface area contributed by atoms with Gasteiger partial charge in [-0.05, 0) is 17.3 Å². The number of tetrazole rings is 1. The minimum atomic E-state index is 0.436. The van der Waals surface area contributed by atoms with Crippen molar-refractivity contribution in [1.29, 1.82) is 0 Å². The largest absolute Gasteiger partial charge is 0.244 e. The molecule has 0 amide bonds. The maximum atomic E-state index is 5.62. The van der Waals surface area contributed by atoms with Gasteiger partial charge in [0, 0.05) is 11.8 Å². The number of pyridine rings is 1. The van der Waals surface area contributed by atoms with Gasteiger partial charge in [-0.3, -0.25) is 0 Å². The fraction of sp³-hybridized carbons (Fsp3) is 0. The van der Waals surface area contributed by atoms with Crippen molar-refractivity contribution in [3.8, 4) is 11.4 Å². The van der Waals surface area contributed by atoms with Gasteiger partial charge in [-0.25, -0.2) is 4.98 Å². The van der Waals surface area contributed by atoms with Gasteiger partial charge >= 0.3 is 0 Å². The van der Waals surface area contributed by atoms with Crippen LogP contribution in [0, 0.1) is 7.05 Å². The van der Waals surface area contributed by atoms with Crippen LogP contribution in [0.25, 0.3) is 11.4 Å². The van der Waals surface area contributed by atoms with Gasteiger partial charge in [0.05, 0.1) is 7.05 Å². The maximum Gasteiger partial charge on any atom is 0.206 e. The number of hydrogen-bond acceptors (Lipinski definition) is 4. The highest BCUT2D eigenvalue weighted by Crippen LogP contribution is 2.13. The van der Waals surface area contributed by atoms with Crippen LogP contribution in [0.5, 0.6) is 0 Å². The van der Waals surface area contributed by atoms with E-state index in [1.807, 2.05) is 0 Å². The summed E-state index contributed by atoms with van der Waals surface area (Å²) in [7, 11) is 3.47. The summed E-state index contributed by atoms with van der Waals surface area (Å²) in [5.41, 5.74) is 0.763. The van der Waals surface area contributed by atoms with Crippen LogP contribution in [0.4, 0.5) is 0 Å². The Morgan fingerprint density at radius 2 is 2.23 bits per heavy atom. The lowest BCUT2D eigenvalue weighted by molar-refractivity contribution is 0.714. The quantitative estimate of drug-likeness (QED) is 0.637. The van der Waals surface area contributed by atoms with Gasteiger partial charge in [0.2, 0.25) is 5.82 Å². The second-order valence-corrected chi connectivity index (χ2v) is 2.74. The van der Waals surface area contributed by atoms with Crippen LogP contribution in [-0.2, 0) is 0 Å². The van der Waals surface area contributed by atoms with Crippen molar-refractivity contribution in [3.63, 3.8) is 0 Å². The van der Waals surface area contributed by atoms with Gasteiger partial charge in [0.15, 0.2) is 0 Å². The van der Waals surface area contributed by atoms with Crippen molar-refractivity contribution in [3.05, 3.63) is 30.5 Å². The van der Waals surface area contributed by atoms with Crippen molar-refractivity contribution in [1.82, 2.24) is 25.2 Å². The molecule has 2 rings (SSSR count). The molecule has 0 aliphatic rings. The van der Waals surface area contributed by atoms with Crippen LogP contribution in [0.3, 0.4) is 0 Å². The summed E-state index contributed by atoms with van der Waals surface area (Å²) in [4.78, 5) is 5.04.